The summed E-state index contributed by atoms with van der Waals surface area (Å²) in [5, 5.41) is 2.65. The zero-order valence-corrected chi connectivity index (χ0v) is 20.0. The minimum atomic E-state index is -0.528. The summed E-state index contributed by atoms with van der Waals surface area (Å²) in [6.07, 6.45) is 8.67. The molecule has 3 rings (SSSR count). The van der Waals surface area contributed by atoms with Crippen LogP contribution in [0.25, 0.3) is 6.08 Å². The van der Waals surface area contributed by atoms with Crippen LogP contribution in [0.5, 0.6) is 11.5 Å². The van der Waals surface area contributed by atoms with Crippen LogP contribution in [0.3, 0.4) is 0 Å². The SMILES string of the molecule is CCCCCCCCOc1ccc(/C=C2/C(=O)NC(=S)N(c3ccccc3)C2=O)cc1OC. The second kappa shape index (κ2) is 12.2. The third kappa shape index (κ3) is 6.42. The van der Waals surface area contributed by atoms with E-state index >= 15 is 0 Å². The van der Waals surface area contributed by atoms with Crippen molar-refractivity contribution in [1.29, 1.82) is 0 Å². The fraction of sp³-hybridized carbons (Fsp3) is 0.346. The van der Waals surface area contributed by atoms with E-state index in [2.05, 4.69) is 12.2 Å². The van der Waals surface area contributed by atoms with Gasteiger partial charge in [-0.05, 0) is 54.5 Å². The molecule has 0 radical (unpaired) electrons. The van der Waals surface area contributed by atoms with Crippen molar-refractivity contribution in [1.82, 2.24) is 5.32 Å². The molecular formula is C26H30N2O4S. The Morgan fingerprint density at radius 3 is 2.42 bits per heavy atom. The predicted octanol–water partition coefficient (Wildman–Crippen LogP) is 5.27. The highest BCUT2D eigenvalue weighted by Crippen LogP contribution is 2.30. The molecule has 0 bridgehead atoms. The second-order valence-corrected chi connectivity index (χ2v) is 8.21. The number of anilines is 1. The summed E-state index contributed by atoms with van der Waals surface area (Å²) in [5.74, 6) is 0.186. The van der Waals surface area contributed by atoms with Crippen LogP contribution in [0.2, 0.25) is 0 Å². The van der Waals surface area contributed by atoms with E-state index < -0.39 is 11.8 Å². The molecule has 2 amide bonds. The lowest BCUT2D eigenvalue weighted by atomic mass is 10.1. The average Bonchev–Trinajstić information content (AvgIpc) is 2.82. The molecule has 0 aromatic heterocycles. The Labute approximate surface area is 200 Å². The van der Waals surface area contributed by atoms with Crippen LogP contribution in [0.15, 0.2) is 54.1 Å². The van der Waals surface area contributed by atoms with E-state index in [4.69, 9.17) is 21.7 Å². The summed E-state index contributed by atoms with van der Waals surface area (Å²) in [7, 11) is 1.57. The van der Waals surface area contributed by atoms with Gasteiger partial charge in [0.25, 0.3) is 11.8 Å². The first-order chi connectivity index (χ1) is 16.0. The fourth-order valence-corrected chi connectivity index (χ4v) is 3.87. The molecule has 0 aliphatic carbocycles. The number of para-hydroxylation sites is 1. The smallest absolute Gasteiger partial charge is 0.270 e. The van der Waals surface area contributed by atoms with Gasteiger partial charge < -0.3 is 9.47 Å². The molecule has 174 valence electrons. The molecule has 33 heavy (non-hydrogen) atoms. The van der Waals surface area contributed by atoms with Crippen LogP contribution in [-0.2, 0) is 9.59 Å². The largest absolute Gasteiger partial charge is 0.493 e. The van der Waals surface area contributed by atoms with Gasteiger partial charge in [0.2, 0.25) is 0 Å². The molecule has 1 heterocycles. The third-order valence-corrected chi connectivity index (χ3v) is 5.65. The van der Waals surface area contributed by atoms with Gasteiger partial charge >= 0.3 is 0 Å². The van der Waals surface area contributed by atoms with Crippen molar-refractivity contribution in [2.45, 2.75) is 45.4 Å². The highest BCUT2D eigenvalue weighted by Gasteiger charge is 2.34. The quantitative estimate of drug-likeness (QED) is 0.212. The maximum absolute atomic E-state index is 13.1. The molecule has 0 atom stereocenters. The Bertz CT molecular complexity index is 1020. The molecule has 2 aromatic carbocycles. The van der Waals surface area contributed by atoms with Crippen molar-refractivity contribution >= 4 is 40.9 Å². The molecule has 1 fully saturated rings. The lowest BCUT2D eigenvalue weighted by Gasteiger charge is -2.28. The average molecular weight is 467 g/mol. The van der Waals surface area contributed by atoms with Gasteiger partial charge in [0, 0.05) is 0 Å². The molecule has 0 unspecified atom stereocenters. The van der Waals surface area contributed by atoms with Gasteiger partial charge in [-0.15, -0.1) is 0 Å². The van der Waals surface area contributed by atoms with E-state index in [-0.39, 0.29) is 10.7 Å². The van der Waals surface area contributed by atoms with E-state index in [1.807, 2.05) is 6.07 Å². The molecule has 1 N–H and O–H groups in total. The van der Waals surface area contributed by atoms with Gasteiger partial charge in [0.05, 0.1) is 19.4 Å². The van der Waals surface area contributed by atoms with Crippen LogP contribution in [0.1, 0.15) is 51.0 Å². The number of thiocarbonyl (C=S) groups is 1. The normalized spacial score (nSPS) is 15.0. The van der Waals surface area contributed by atoms with Crippen molar-refractivity contribution < 1.29 is 19.1 Å². The van der Waals surface area contributed by atoms with Crippen LogP contribution in [-0.4, -0.2) is 30.6 Å². The molecule has 1 aliphatic rings. The number of ether oxygens (including phenoxy) is 2. The standard InChI is InChI=1S/C26H30N2O4S/c1-3-4-5-6-7-11-16-32-22-15-14-19(18-23(22)31-2)17-21-24(29)27-26(33)28(25(21)30)20-12-9-8-10-13-20/h8-10,12-15,17-18H,3-7,11,16H2,1-2H3,(H,27,29,33)/b21-17-. The summed E-state index contributed by atoms with van der Waals surface area (Å²) in [5.41, 5.74) is 1.24. The topological polar surface area (TPSA) is 67.9 Å². The number of hydrogen-bond acceptors (Lipinski definition) is 5. The van der Waals surface area contributed by atoms with Crippen LogP contribution < -0.4 is 19.7 Å². The first kappa shape index (κ1) is 24.5. The van der Waals surface area contributed by atoms with E-state index in [1.54, 1.807) is 49.6 Å². The zero-order valence-electron chi connectivity index (χ0n) is 19.1. The Hall–Kier alpha value is -3.19. The summed E-state index contributed by atoms with van der Waals surface area (Å²) in [6.45, 7) is 2.83. The molecule has 1 aliphatic heterocycles. The number of rotatable bonds is 11. The summed E-state index contributed by atoms with van der Waals surface area (Å²) >= 11 is 5.23. The number of carbonyl (C=O) groups is 2. The molecular weight excluding hydrogens is 436 g/mol. The number of amides is 2. The Morgan fingerprint density at radius 1 is 0.970 bits per heavy atom. The highest BCUT2D eigenvalue weighted by molar-refractivity contribution is 7.80. The first-order valence-electron chi connectivity index (χ1n) is 11.3. The van der Waals surface area contributed by atoms with Gasteiger partial charge in [-0.1, -0.05) is 63.3 Å². The summed E-state index contributed by atoms with van der Waals surface area (Å²) in [4.78, 5) is 26.9. The fourth-order valence-electron chi connectivity index (χ4n) is 3.59. The van der Waals surface area contributed by atoms with Gasteiger partial charge in [-0.25, -0.2) is 0 Å². The van der Waals surface area contributed by atoms with Gasteiger partial charge in [-0.2, -0.15) is 0 Å². The van der Waals surface area contributed by atoms with Crippen molar-refractivity contribution in [3.05, 3.63) is 59.7 Å². The zero-order chi connectivity index (χ0) is 23.6. The number of benzene rings is 2. The van der Waals surface area contributed by atoms with Crippen LogP contribution in [0.4, 0.5) is 5.69 Å². The van der Waals surface area contributed by atoms with Crippen LogP contribution in [0, 0.1) is 0 Å². The third-order valence-electron chi connectivity index (χ3n) is 5.37. The molecule has 7 heteroatoms. The lowest BCUT2D eigenvalue weighted by molar-refractivity contribution is -0.122. The molecule has 0 saturated carbocycles. The molecule has 0 spiro atoms. The van der Waals surface area contributed by atoms with E-state index in [1.165, 1.54) is 36.7 Å². The maximum Gasteiger partial charge on any atom is 0.270 e. The molecule has 1 saturated heterocycles. The second-order valence-electron chi connectivity index (χ2n) is 7.82. The number of nitrogens with zero attached hydrogens (tertiary/aromatic N) is 1. The summed E-state index contributed by atoms with van der Waals surface area (Å²) < 4.78 is 11.4. The van der Waals surface area contributed by atoms with Gasteiger partial charge in [0.15, 0.2) is 16.6 Å². The number of hydrogen-bond donors (Lipinski definition) is 1. The van der Waals surface area contributed by atoms with Gasteiger partial charge in [0.1, 0.15) is 5.57 Å². The van der Waals surface area contributed by atoms with Crippen molar-refractivity contribution in [3.8, 4) is 11.5 Å². The van der Waals surface area contributed by atoms with E-state index in [0.717, 1.165) is 12.8 Å². The lowest BCUT2D eigenvalue weighted by Crippen LogP contribution is -2.54. The minimum absolute atomic E-state index is 0.00439. The highest BCUT2D eigenvalue weighted by atomic mass is 32.1. The van der Waals surface area contributed by atoms with Crippen molar-refractivity contribution in [3.63, 3.8) is 0 Å². The van der Waals surface area contributed by atoms with Gasteiger partial charge in [-0.3, -0.25) is 19.8 Å². The number of carbonyl (C=O) groups excluding carboxylic acids is 2. The Balaban J connectivity index is 1.72. The Kier molecular flexibility index (Phi) is 9.01. The molecule has 2 aromatic rings. The monoisotopic (exact) mass is 466 g/mol. The number of methoxy groups -OCH3 is 1. The Morgan fingerprint density at radius 2 is 1.70 bits per heavy atom. The first-order valence-corrected chi connectivity index (χ1v) is 11.7. The van der Waals surface area contributed by atoms with E-state index in [0.29, 0.717) is 29.4 Å². The number of unbranched alkanes of at least 4 members (excludes halogenated alkanes) is 5. The summed E-state index contributed by atoms with van der Waals surface area (Å²) in [6, 6.07) is 14.3. The van der Waals surface area contributed by atoms with Crippen molar-refractivity contribution in [2.75, 3.05) is 18.6 Å². The predicted molar refractivity (Wildman–Crippen MR) is 135 cm³/mol. The van der Waals surface area contributed by atoms with Crippen LogP contribution >= 0.6 is 12.2 Å². The van der Waals surface area contributed by atoms with E-state index in [9.17, 15) is 9.59 Å². The maximum atomic E-state index is 13.1. The van der Waals surface area contributed by atoms with Crippen molar-refractivity contribution in [2.24, 2.45) is 0 Å². The minimum Gasteiger partial charge on any atom is -0.493 e. The number of nitrogens with one attached hydrogen (secondary N) is 1. The molecule has 6 nitrogen and oxygen atoms in total.